The van der Waals surface area contributed by atoms with Crippen molar-refractivity contribution in [3.8, 4) is 5.75 Å². The Labute approximate surface area is 106 Å². The maximum Gasteiger partial charge on any atom is 0.241 e. The first-order valence-corrected chi connectivity index (χ1v) is 6.13. The number of methoxy groups -OCH3 is 1. The normalized spacial score (nSPS) is 22.6. The van der Waals surface area contributed by atoms with Crippen LogP contribution in [0.4, 0.5) is 11.4 Å². The van der Waals surface area contributed by atoms with Gasteiger partial charge < -0.3 is 15.0 Å². The molecule has 1 unspecified atom stereocenters. The summed E-state index contributed by atoms with van der Waals surface area (Å²) in [4.78, 5) is 16.2. The van der Waals surface area contributed by atoms with E-state index in [9.17, 15) is 4.79 Å². The summed E-state index contributed by atoms with van der Waals surface area (Å²) < 4.78 is 5.42. The summed E-state index contributed by atoms with van der Waals surface area (Å²) in [7, 11) is 3.70. The Morgan fingerprint density at radius 3 is 3.06 bits per heavy atom. The summed E-state index contributed by atoms with van der Waals surface area (Å²) in [6.07, 6.45) is 0. The van der Waals surface area contributed by atoms with Gasteiger partial charge in [-0.2, -0.15) is 0 Å². The van der Waals surface area contributed by atoms with Gasteiger partial charge in [-0.25, -0.2) is 0 Å². The predicted octanol–water partition coefficient (Wildman–Crippen LogP) is 0.450. The second-order valence-electron chi connectivity index (χ2n) is 4.76. The third-order valence-corrected chi connectivity index (χ3v) is 3.62. The van der Waals surface area contributed by atoms with Crippen LogP contribution in [0.5, 0.6) is 5.75 Å². The topological polar surface area (TPSA) is 44.8 Å². The van der Waals surface area contributed by atoms with Gasteiger partial charge in [-0.3, -0.25) is 9.69 Å². The number of nitrogens with zero attached hydrogens (tertiary/aromatic N) is 2. The number of rotatable bonds is 1. The number of likely N-dealkylation sites (N-methyl/N-ethyl adjacent to an activating group) is 1. The second kappa shape index (κ2) is 4.17. The average Bonchev–Trinajstić information content (AvgIpc) is 2.38. The number of fused-ring (bicyclic) bond motifs is 3. The maximum atomic E-state index is 12.2. The van der Waals surface area contributed by atoms with Crippen LogP contribution in [0.3, 0.4) is 0 Å². The Kier molecular flexibility index (Phi) is 2.63. The molecule has 1 amide bonds. The van der Waals surface area contributed by atoms with Crippen molar-refractivity contribution in [2.75, 3.05) is 43.6 Å². The number of hydrogen-bond donors (Lipinski definition) is 1. The van der Waals surface area contributed by atoms with E-state index in [4.69, 9.17) is 4.74 Å². The number of anilines is 2. The molecule has 0 aromatic heterocycles. The van der Waals surface area contributed by atoms with Crippen molar-refractivity contribution in [3.63, 3.8) is 0 Å². The molecule has 1 aromatic rings. The highest BCUT2D eigenvalue weighted by molar-refractivity contribution is 6.02. The lowest BCUT2D eigenvalue weighted by atomic mass is 10.0. The van der Waals surface area contributed by atoms with Gasteiger partial charge in [0.15, 0.2) is 0 Å². The number of hydrogen-bond acceptors (Lipinski definition) is 4. The number of carbonyl (C=O) groups is 1. The Hall–Kier alpha value is -1.75. The van der Waals surface area contributed by atoms with E-state index in [2.05, 4.69) is 17.3 Å². The molecule has 0 radical (unpaired) electrons. The smallest absolute Gasteiger partial charge is 0.241 e. The van der Waals surface area contributed by atoms with E-state index in [1.807, 2.05) is 23.1 Å². The molecule has 2 heterocycles. The minimum absolute atomic E-state index is 0.116. The summed E-state index contributed by atoms with van der Waals surface area (Å²) in [5.74, 6) is 0.879. The van der Waals surface area contributed by atoms with Gasteiger partial charge >= 0.3 is 0 Å². The highest BCUT2D eigenvalue weighted by atomic mass is 16.5. The van der Waals surface area contributed by atoms with Crippen molar-refractivity contribution >= 4 is 17.3 Å². The molecule has 0 saturated carbocycles. The van der Waals surface area contributed by atoms with E-state index in [1.165, 1.54) is 0 Å². The monoisotopic (exact) mass is 247 g/mol. The Bertz CT molecular complexity index is 489. The van der Waals surface area contributed by atoms with E-state index < -0.39 is 0 Å². The highest BCUT2D eigenvalue weighted by Crippen LogP contribution is 2.42. The second-order valence-corrected chi connectivity index (χ2v) is 4.76. The number of ether oxygens (including phenoxy) is 1. The molecule has 18 heavy (non-hydrogen) atoms. The van der Waals surface area contributed by atoms with Gasteiger partial charge in [0.25, 0.3) is 0 Å². The standard InChI is InChI=1S/C13H17N3O2/c1-15-8-9-6-14-7-12(17)16(9)13-10(15)4-3-5-11(13)18-2/h3-5,9,14H,6-8H2,1-2H3. The number of carbonyl (C=O) groups excluding carboxylic acids is 1. The summed E-state index contributed by atoms with van der Waals surface area (Å²) >= 11 is 0. The van der Waals surface area contributed by atoms with Crippen LogP contribution in [0, 0.1) is 0 Å². The molecule has 1 saturated heterocycles. The van der Waals surface area contributed by atoms with Crippen LogP contribution in [-0.2, 0) is 4.79 Å². The van der Waals surface area contributed by atoms with Crippen molar-refractivity contribution in [3.05, 3.63) is 18.2 Å². The predicted molar refractivity (Wildman–Crippen MR) is 70.4 cm³/mol. The van der Waals surface area contributed by atoms with Gasteiger partial charge in [-0.15, -0.1) is 0 Å². The Morgan fingerprint density at radius 2 is 2.28 bits per heavy atom. The number of benzene rings is 1. The molecule has 1 fully saturated rings. The van der Waals surface area contributed by atoms with Gasteiger partial charge in [0.05, 0.1) is 25.4 Å². The van der Waals surface area contributed by atoms with E-state index in [0.717, 1.165) is 30.2 Å². The van der Waals surface area contributed by atoms with Gasteiger partial charge in [-0.1, -0.05) is 6.07 Å². The fourth-order valence-electron chi connectivity index (χ4n) is 2.82. The summed E-state index contributed by atoms with van der Waals surface area (Å²) in [5.41, 5.74) is 1.96. The molecule has 1 N–H and O–H groups in total. The molecule has 2 aliphatic heterocycles. The van der Waals surface area contributed by atoms with E-state index in [1.54, 1.807) is 7.11 Å². The fourth-order valence-corrected chi connectivity index (χ4v) is 2.82. The van der Waals surface area contributed by atoms with Crippen molar-refractivity contribution < 1.29 is 9.53 Å². The first-order chi connectivity index (χ1) is 8.72. The Morgan fingerprint density at radius 1 is 1.44 bits per heavy atom. The van der Waals surface area contributed by atoms with E-state index >= 15 is 0 Å². The van der Waals surface area contributed by atoms with Gasteiger partial charge in [0.2, 0.25) is 5.91 Å². The molecule has 0 spiro atoms. The molecule has 3 rings (SSSR count). The lowest BCUT2D eigenvalue weighted by Crippen LogP contribution is -2.61. The molecule has 96 valence electrons. The third kappa shape index (κ3) is 1.54. The summed E-state index contributed by atoms with van der Waals surface area (Å²) in [5, 5.41) is 3.16. The third-order valence-electron chi connectivity index (χ3n) is 3.62. The zero-order valence-corrected chi connectivity index (χ0v) is 10.6. The molecule has 0 bridgehead atoms. The summed E-state index contributed by atoms with van der Waals surface area (Å²) in [6, 6.07) is 6.08. The zero-order chi connectivity index (χ0) is 12.7. The largest absolute Gasteiger partial charge is 0.494 e. The van der Waals surface area contributed by atoms with E-state index in [0.29, 0.717) is 6.54 Å². The minimum atomic E-state index is 0.116. The molecule has 1 aromatic carbocycles. The van der Waals surface area contributed by atoms with Crippen molar-refractivity contribution in [2.24, 2.45) is 0 Å². The van der Waals surface area contributed by atoms with Crippen LogP contribution in [0.1, 0.15) is 0 Å². The number of nitrogens with one attached hydrogen (secondary N) is 1. The molecule has 0 aliphatic carbocycles. The number of piperazine rings is 1. The molecule has 2 aliphatic rings. The first kappa shape index (κ1) is 11.3. The van der Waals surface area contributed by atoms with Crippen LogP contribution in [0.15, 0.2) is 18.2 Å². The minimum Gasteiger partial charge on any atom is -0.494 e. The lowest BCUT2D eigenvalue weighted by Gasteiger charge is -2.44. The highest BCUT2D eigenvalue weighted by Gasteiger charge is 2.37. The first-order valence-electron chi connectivity index (χ1n) is 6.13. The SMILES string of the molecule is COc1cccc2c1N1C(=O)CNCC1CN2C. The molecular formula is C13H17N3O2. The Balaban J connectivity index is 2.15. The quantitative estimate of drug-likeness (QED) is 0.782. The van der Waals surface area contributed by atoms with Crippen LogP contribution < -0.4 is 19.9 Å². The van der Waals surface area contributed by atoms with Crippen molar-refractivity contribution in [1.82, 2.24) is 5.32 Å². The zero-order valence-electron chi connectivity index (χ0n) is 10.6. The molecule has 5 heteroatoms. The maximum absolute atomic E-state index is 12.2. The van der Waals surface area contributed by atoms with Gasteiger partial charge in [0.1, 0.15) is 11.4 Å². The van der Waals surface area contributed by atoms with Crippen molar-refractivity contribution in [2.45, 2.75) is 6.04 Å². The lowest BCUT2D eigenvalue weighted by molar-refractivity contribution is -0.119. The number of amides is 1. The van der Waals surface area contributed by atoms with Crippen LogP contribution in [0.25, 0.3) is 0 Å². The summed E-state index contributed by atoms with van der Waals surface area (Å²) in [6.45, 7) is 2.07. The van der Waals surface area contributed by atoms with Crippen LogP contribution in [0.2, 0.25) is 0 Å². The molecule has 5 nitrogen and oxygen atoms in total. The van der Waals surface area contributed by atoms with Gasteiger partial charge in [-0.05, 0) is 12.1 Å². The molecule has 1 atom stereocenters. The number of para-hydroxylation sites is 1. The van der Waals surface area contributed by atoms with E-state index in [-0.39, 0.29) is 11.9 Å². The molecular weight excluding hydrogens is 230 g/mol. The van der Waals surface area contributed by atoms with Crippen LogP contribution >= 0.6 is 0 Å². The van der Waals surface area contributed by atoms with Crippen LogP contribution in [-0.4, -0.2) is 45.7 Å². The van der Waals surface area contributed by atoms with Gasteiger partial charge in [0, 0.05) is 20.1 Å². The average molecular weight is 247 g/mol. The van der Waals surface area contributed by atoms with Crippen molar-refractivity contribution in [1.29, 1.82) is 0 Å². The fraction of sp³-hybridized carbons (Fsp3) is 0.462.